The maximum Gasteiger partial charge on any atom is 0.312 e. The van der Waals surface area contributed by atoms with Crippen molar-refractivity contribution in [2.75, 3.05) is 0 Å². The van der Waals surface area contributed by atoms with Crippen molar-refractivity contribution in [3.63, 3.8) is 0 Å². The molecular weight excluding hydrogens is 484 g/mol. The van der Waals surface area contributed by atoms with E-state index < -0.39 is 94.8 Å². The number of alkyl halides is 1. The fourth-order valence-corrected chi connectivity index (χ4v) is 6.97. The standard InChI is InChI=1S/C24H33ClO10/c1-8-7-13(32-11(4)26)18(29)23(6)14(9(2)16(28)17-21(23)34-17)19(33-12(5)27)24(31)10(3)22(30)35-20(24)15(8)25/h9-10,13-21,28-29,31H,1,7H2,2-6H3/t9-,10+,13+,14-,15+,16-,17+,18+,19?,20+,21+,23+,24-/m1/s1. The van der Waals surface area contributed by atoms with Crippen LogP contribution >= 0.6 is 11.6 Å². The Bertz CT molecular complexity index is 939. The third-order valence-corrected chi connectivity index (χ3v) is 9.08. The average molecular weight is 517 g/mol. The summed E-state index contributed by atoms with van der Waals surface area (Å²) in [7, 11) is 0. The second kappa shape index (κ2) is 8.69. The molecule has 11 heteroatoms. The van der Waals surface area contributed by atoms with Gasteiger partial charge in [0.1, 0.15) is 18.3 Å². The summed E-state index contributed by atoms with van der Waals surface area (Å²) >= 11 is 6.68. The number of aliphatic hydroxyl groups is 3. The van der Waals surface area contributed by atoms with Gasteiger partial charge in [0.25, 0.3) is 0 Å². The summed E-state index contributed by atoms with van der Waals surface area (Å²) < 4.78 is 22.5. The van der Waals surface area contributed by atoms with Crippen LogP contribution in [0.25, 0.3) is 0 Å². The molecule has 0 aromatic carbocycles. The van der Waals surface area contributed by atoms with Gasteiger partial charge in [0.05, 0.1) is 29.6 Å². The Morgan fingerprint density at radius 3 is 2.31 bits per heavy atom. The number of ether oxygens (including phenoxy) is 4. The molecule has 4 fully saturated rings. The highest BCUT2D eigenvalue weighted by molar-refractivity contribution is 6.23. The van der Waals surface area contributed by atoms with Gasteiger partial charge in [0.2, 0.25) is 0 Å². The number of carbonyl (C=O) groups excluding carboxylic acids is 3. The summed E-state index contributed by atoms with van der Waals surface area (Å²) in [4.78, 5) is 37.1. The number of hydrogen-bond acceptors (Lipinski definition) is 10. The van der Waals surface area contributed by atoms with Gasteiger partial charge < -0.3 is 34.3 Å². The Hall–Kier alpha value is -1.72. The van der Waals surface area contributed by atoms with Crippen LogP contribution in [0.1, 0.15) is 41.0 Å². The minimum Gasteiger partial charge on any atom is -0.459 e. The molecule has 2 saturated heterocycles. The second-order valence-corrected chi connectivity index (χ2v) is 11.1. The lowest BCUT2D eigenvalue weighted by molar-refractivity contribution is -0.229. The van der Waals surface area contributed by atoms with Crippen molar-refractivity contribution in [3.05, 3.63) is 12.2 Å². The van der Waals surface area contributed by atoms with Gasteiger partial charge in [-0.3, -0.25) is 14.4 Å². The molecule has 2 saturated carbocycles. The lowest BCUT2D eigenvalue weighted by atomic mass is 9.53. The molecule has 0 bridgehead atoms. The first-order chi connectivity index (χ1) is 16.2. The van der Waals surface area contributed by atoms with Crippen molar-refractivity contribution in [3.8, 4) is 0 Å². The van der Waals surface area contributed by atoms with Crippen LogP contribution in [0.5, 0.6) is 0 Å². The summed E-state index contributed by atoms with van der Waals surface area (Å²) in [5.74, 6) is -4.91. The predicted molar refractivity (Wildman–Crippen MR) is 120 cm³/mol. The number of aliphatic hydroxyl groups excluding tert-OH is 2. The van der Waals surface area contributed by atoms with Crippen molar-refractivity contribution in [1.82, 2.24) is 0 Å². The van der Waals surface area contributed by atoms with E-state index in [1.54, 1.807) is 13.8 Å². The molecule has 2 heterocycles. The van der Waals surface area contributed by atoms with E-state index in [4.69, 9.17) is 30.5 Å². The number of rotatable bonds is 2. The number of esters is 3. The SMILES string of the molecule is C=C1C[C@H](OC(C)=O)[C@H](O)[C@@]2(C)[C@H]3O[C@H]3[C@H](O)[C@H](C)[C@@H]2C(OC(C)=O)[C@]2(O)[C@@H](C)C(=O)O[C@H]2[C@H]1Cl. The van der Waals surface area contributed by atoms with Gasteiger partial charge in [-0.2, -0.15) is 0 Å². The zero-order chi connectivity index (χ0) is 26.2. The molecule has 1 unspecified atom stereocenters. The highest BCUT2D eigenvalue weighted by Crippen LogP contribution is 2.61. The van der Waals surface area contributed by atoms with Crippen LogP contribution < -0.4 is 0 Å². The van der Waals surface area contributed by atoms with E-state index in [-0.39, 0.29) is 12.0 Å². The smallest absolute Gasteiger partial charge is 0.312 e. The number of hydrogen-bond donors (Lipinski definition) is 3. The maximum atomic E-state index is 12.8. The fourth-order valence-electron chi connectivity index (χ4n) is 6.63. The first-order valence-corrected chi connectivity index (χ1v) is 12.2. The monoisotopic (exact) mass is 516 g/mol. The van der Waals surface area contributed by atoms with E-state index in [0.717, 1.165) is 6.92 Å². The van der Waals surface area contributed by atoms with Gasteiger partial charge in [-0.25, -0.2) is 0 Å². The first kappa shape index (κ1) is 26.3. The van der Waals surface area contributed by atoms with E-state index in [9.17, 15) is 29.7 Å². The molecule has 0 aromatic rings. The van der Waals surface area contributed by atoms with Crippen LogP contribution in [-0.4, -0.2) is 86.9 Å². The maximum absolute atomic E-state index is 12.8. The molecule has 4 aliphatic rings. The molecule has 10 nitrogen and oxygen atoms in total. The van der Waals surface area contributed by atoms with Gasteiger partial charge in [-0.05, 0) is 12.8 Å². The summed E-state index contributed by atoms with van der Waals surface area (Å²) in [6, 6.07) is 0. The van der Waals surface area contributed by atoms with Crippen molar-refractivity contribution in [2.24, 2.45) is 23.2 Å². The fraction of sp³-hybridized carbons (Fsp3) is 0.792. The Labute approximate surface area is 208 Å². The summed E-state index contributed by atoms with van der Waals surface area (Å²) in [6.45, 7) is 11.2. The van der Waals surface area contributed by atoms with E-state index in [1.165, 1.54) is 13.8 Å². The first-order valence-electron chi connectivity index (χ1n) is 11.8. The molecule has 13 atom stereocenters. The van der Waals surface area contributed by atoms with E-state index in [2.05, 4.69) is 6.58 Å². The quantitative estimate of drug-likeness (QED) is 0.155. The lowest BCUT2D eigenvalue weighted by Crippen LogP contribution is -2.69. The predicted octanol–water partition coefficient (Wildman–Crippen LogP) is 0.471. The molecule has 2 aliphatic carbocycles. The van der Waals surface area contributed by atoms with Crippen molar-refractivity contribution in [1.29, 1.82) is 0 Å². The molecule has 196 valence electrons. The molecule has 0 amide bonds. The summed E-state index contributed by atoms with van der Waals surface area (Å²) in [5, 5.41) is 33.7. The highest BCUT2D eigenvalue weighted by atomic mass is 35.5. The summed E-state index contributed by atoms with van der Waals surface area (Å²) in [6.07, 6.45) is -7.67. The zero-order valence-electron chi connectivity index (χ0n) is 20.3. The number of carbonyl (C=O) groups is 3. The topological polar surface area (TPSA) is 152 Å². The Morgan fingerprint density at radius 2 is 1.74 bits per heavy atom. The minimum atomic E-state index is -2.12. The molecule has 35 heavy (non-hydrogen) atoms. The van der Waals surface area contributed by atoms with Crippen molar-refractivity contribution in [2.45, 2.75) is 94.7 Å². The third-order valence-electron chi connectivity index (χ3n) is 8.55. The number of fused-ring (bicyclic) bond motifs is 4. The zero-order valence-corrected chi connectivity index (χ0v) is 21.1. The molecule has 3 N–H and O–H groups in total. The molecule has 0 spiro atoms. The minimum absolute atomic E-state index is 0.0811. The van der Waals surface area contributed by atoms with E-state index >= 15 is 0 Å². The van der Waals surface area contributed by atoms with Gasteiger partial charge in [0, 0.05) is 31.6 Å². The lowest BCUT2D eigenvalue weighted by Gasteiger charge is -2.55. The molecule has 2 aliphatic heterocycles. The highest BCUT2D eigenvalue weighted by Gasteiger charge is 2.75. The van der Waals surface area contributed by atoms with Crippen molar-refractivity contribution >= 4 is 29.5 Å². The van der Waals surface area contributed by atoms with E-state index in [0.29, 0.717) is 0 Å². The molecular formula is C24H33ClO10. The summed E-state index contributed by atoms with van der Waals surface area (Å²) in [5.41, 5.74) is -3.15. The van der Waals surface area contributed by atoms with Gasteiger partial charge in [-0.1, -0.05) is 26.0 Å². The third kappa shape index (κ3) is 3.80. The largest absolute Gasteiger partial charge is 0.459 e. The van der Waals surface area contributed by atoms with Crippen LogP contribution in [0.4, 0.5) is 0 Å². The second-order valence-electron chi connectivity index (χ2n) is 10.6. The molecule has 0 aromatic heterocycles. The average Bonchev–Trinajstić information content (AvgIpc) is 3.54. The molecule has 0 radical (unpaired) electrons. The molecule has 4 rings (SSSR count). The number of epoxide rings is 1. The van der Waals surface area contributed by atoms with Gasteiger partial charge in [0.15, 0.2) is 11.7 Å². The van der Waals surface area contributed by atoms with Crippen LogP contribution in [0.2, 0.25) is 0 Å². The normalized spacial score (nSPS) is 51.3. The van der Waals surface area contributed by atoms with Gasteiger partial charge in [-0.15, -0.1) is 11.6 Å². The van der Waals surface area contributed by atoms with Crippen LogP contribution in [0.3, 0.4) is 0 Å². The Kier molecular flexibility index (Phi) is 6.54. The van der Waals surface area contributed by atoms with E-state index in [1.807, 2.05) is 0 Å². The Morgan fingerprint density at radius 1 is 1.14 bits per heavy atom. The van der Waals surface area contributed by atoms with Crippen molar-refractivity contribution < 1.29 is 48.7 Å². The van der Waals surface area contributed by atoms with Crippen LogP contribution in [0, 0.1) is 23.2 Å². The van der Waals surface area contributed by atoms with Crippen LogP contribution in [-0.2, 0) is 33.3 Å². The van der Waals surface area contributed by atoms with Gasteiger partial charge >= 0.3 is 17.9 Å². The van der Waals surface area contributed by atoms with Crippen LogP contribution in [0.15, 0.2) is 12.2 Å². The number of halogens is 1. The Balaban J connectivity index is 1.97.